The van der Waals surface area contributed by atoms with E-state index < -0.39 is 0 Å². The summed E-state index contributed by atoms with van der Waals surface area (Å²) in [5, 5.41) is 4.14. The summed E-state index contributed by atoms with van der Waals surface area (Å²) in [6.07, 6.45) is 0. The fourth-order valence-electron chi connectivity index (χ4n) is 2.45. The third-order valence-corrected chi connectivity index (χ3v) is 4.94. The smallest absolute Gasteiger partial charge is 0.259 e. The summed E-state index contributed by atoms with van der Waals surface area (Å²) in [5.41, 5.74) is 1.68. The molecule has 2 nitrogen and oxygen atoms in total. The lowest BCUT2D eigenvalue weighted by Crippen LogP contribution is -2.30. The van der Waals surface area contributed by atoms with Crippen LogP contribution in [-0.2, 0) is 0 Å². The fourth-order valence-corrected chi connectivity index (χ4v) is 3.58. The number of nitrogens with zero attached hydrogens (tertiary/aromatic N) is 1. The molecule has 0 bridgehead atoms. The highest BCUT2D eigenvalue weighted by Gasteiger charge is 2.18. The molecule has 2 aromatic carbocycles. The summed E-state index contributed by atoms with van der Waals surface area (Å²) in [6, 6.07) is 16.1. The monoisotopic (exact) mass is 359 g/mol. The van der Waals surface area contributed by atoms with Crippen molar-refractivity contribution in [2.24, 2.45) is 0 Å². The zero-order valence-corrected chi connectivity index (χ0v) is 13.9. The number of amides is 1. The van der Waals surface area contributed by atoms with Gasteiger partial charge in [-0.3, -0.25) is 4.79 Å². The summed E-state index contributed by atoms with van der Waals surface area (Å²) in [7, 11) is 0. The summed E-state index contributed by atoms with van der Waals surface area (Å²) in [4.78, 5) is 14.6. The van der Waals surface area contributed by atoms with Crippen LogP contribution in [0.5, 0.6) is 0 Å². The molecular formula is C17H14BrNOS. The third kappa shape index (κ3) is 2.74. The topological polar surface area (TPSA) is 20.3 Å². The first kappa shape index (κ1) is 14.3. The molecule has 0 aliphatic heterocycles. The number of halogens is 1. The zero-order chi connectivity index (χ0) is 14.8. The van der Waals surface area contributed by atoms with Gasteiger partial charge in [0.25, 0.3) is 5.91 Å². The molecule has 0 atom stereocenters. The van der Waals surface area contributed by atoms with E-state index in [4.69, 9.17) is 0 Å². The van der Waals surface area contributed by atoms with E-state index in [0.717, 1.165) is 25.8 Å². The SMILES string of the molecule is CCN(C(=O)c1csc(Br)c1)c1cccc2ccccc12. The van der Waals surface area contributed by atoms with Gasteiger partial charge in [-0.15, -0.1) is 11.3 Å². The lowest BCUT2D eigenvalue weighted by atomic mass is 10.1. The molecule has 0 unspecified atom stereocenters. The van der Waals surface area contributed by atoms with Gasteiger partial charge in [-0.25, -0.2) is 0 Å². The molecule has 0 saturated heterocycles. The van der Waals surface area contributed by atoms with Gasteiger partial charge >= 0.3 is 0 Å². The van der Waals surface area contributed by atoms with Crippen molar-refractivity contribution in [2.45, 2.75) is 6.92 Å². The minimum Gasteiger partial charge on any atom is -0.308 e. The number of thiophene rings is 1. The number of carbonyl (C=O) groups is 1. The Balaban J connectivity index is 2.08. The van der Waals surface area contributed by atoms with E-state index in [1.165, 1.54) is 11.3 Å². The molecule has 4 heteroatoms. The van der Waals surface area contributed by atoms with Crippen LogP contribution >= 0.6 is 27.3 Å². The average Bonchev–Trinajstić information content (AvgIpc) is 2.95. The Morgan fingerprint density at radius 2 is 1.95 bits per heavy atom. The standard InChI is InChI=1S/C17H14BrNOS/c1-2-19(17(20)13-10-16(18)21-11-13)15-9-5-7-12-6-3-4-8-14(12)15/h3-11H,2H2,1H3. The molecular weight excluding hydrogens is 346 g/mol. The van der Waals surface area contributed by atoms with E-state index in [1.54, 1.807) is 0 Å². The van der Waals surface area contributed by atoms with E-state index >= 15 is 0 Å². The van der Waals surface area contributed by atoms with E-state index in [2.05, 4.69) is 34.1 Å². The van der Waals surface area contributed by atoms with Crippen molar-refractivity contribution in [2.75, 3.05) is 11.4 Å². The third-order valence-electron chi connectivity index (χ3n) is 3.43. The van der Waals surface area contributed by atoms with Crippen LogP contribution in [0.15, 0.2) is 57.7 Å². The zero-order valence-electron chi connectivity index (χ0n) is 11.5. The highest BCUT2D eigenvalue weighted by molar-refractivity contribution is 9.11. The molecule has 1 aromatic heterocycles. The summed E-state index contributed by atoms with van der Waals surface area (Å²) >= 11 is 4.94. The van der Waals surface area contributed by atoms with E-state index in [9.17, 15) is 4.79 Å². The molecule has 0 radical (unpaired) electrons. The largest absolute Gasteiger partial charge is 0.308 e. The molecule has 1 heterocycles. The maximum atomic E-state index is 12.7. The summed E-state index contributed by atoms with van der Waals surface area (Å²) in [5.74, 6) is 0.0378. The Morgan fingerprint density at radius 1 is 1.19 bits per heavy atom. The average molecular weight is 360 g/mol. The molecule has 3 aromatic rings. The van der Waals surface area contributed by atoms with E-state index in [0.29, 0.717) is 6.54 Å². The summed E-state index contributed by atoms with van der Waals surface area (Å²) < 4.78 is 0.972. The number of hydrogen-bond acceptors (Lipinski definition) is 2. The van der Waals surface area contributed by atoms with Crippen molar-refractivity contribution in [3.05, 3.63) is 63.3 Å². The Labute approximate surface area is 136 Å². The second-order valence-electron chi connectivity index (χ2n) is 4.69. The predicted molar refractivity (Wildman–Crippen MR) is 93.3 cm³/mol. The van der Waals surface area contributed by atoms with Crippen LogP contribution in [0.3, 0.4) is 0 Å². The van der Waals surface area contributed by atoms with E-state index in [1.807, 2.05) is 47.5 Å². The van der Waals surface area contributed by atoms with Gasteiger partial charge in [0.1, 0.15) is 0 Å². The maximum absolute atomic E-state index is 12.7. The van der Waals surface area contributed by atoms with Crippen molar-refractivity contribution >= 4 is 49.6 Å². The number of anilines is 1. The van der Waals surface area contributed by atoms with Crippen molar-refractivity contribution in [1.29, 1.82) is 0 Å². The first-order valence-corrected chi connectivity index (χ1v) is 8.41. The molecule has 0 spiro atoms. The van der Waals surface area contributed by atoms with Crippen LogP contribution in [0.25, 0.3) is 10.8 Å². The molecule has 3 rings (SSSR count). The lowest BCUT2D eigenvalue weighted by Gasteiger charge is -2.22. The number of carbonyl (C=O) groups excluding carboxylic acids is 1. The van der Waals surface area contributed by atoms with Crippen molar-refractivity contribution in [1.82, 2.24) is 0 Å². The second-order valence-corrected chi connectivity index (χ2v) is 6.98. The first-order valence-electron chi connectivity index (χ1n) is 6.74. The number of benzene rings is 2. The summed E-state index contributed by atoms with van der Waals surface area (Å²) in [6.45, 7) is 2.64. The van der Waals surface area contributed by atoms with Gasteiger partial charge in [-0.05, 0) is 40.4 Å². The minimum atomic E-state index is 0.0378. The number of fused-ring (bicyclic) bond motifs is 1. The Hall–Kier alpha value is -1.65. The molecule has 0 aliphatic rings. The van der Waals surface area contributed by atoms with Gasteiger partial charge in [-0.1, -0.05) is 36.4 Å². The highest BCUT2D eigenvalue weighted by Crippen LogP contribution is 2.29. The first-order chi connectivity index (χ1) is 10.2. The second kappa shape index (κ2) is 6.00. The van der Waals surface area contributed by atoms with E-state index in [-0.39, 0.29) is 5.91 Å². The van der Waals surface area contributed by atoms with Crippen LogP contribution in [-0.4, -0.2) is 12.5 Å². The Morgan fingerprint density at radius 3 is 2.67 bits per heavy atom. The van der Waals surface area contributed by atoms with Crippen LogP contribution in [0.4, 0.5) is 5.69 Å². The predicted octanol–water partition coefficient (Wildman–Crippen LogP) is 5.33. The van der Waals surface area contributed by atoms with Gasteiger partial charge in [0.05, 0.1) is 15.0 Å². The van der Waals surface area contributed by atoms with Gasteiger partial charge in [0.2, 0.25) is 0 Å². The Bertz CT molecular complexity index is 791. The Kier molecular flexibility index (Phi) is 4.08. The fraction of sp³-hybridized carbons (Fsp3) is 0.118. The van der Waals surface area contributed by atoms with Crippen molar-refractivity contribution < 1.29 is 4.79 Å². The number of rotatable bonds is 3. The molecule has 0 saturated carbocycles. The molecule has 1 amide bonds. The maximum Gasteiger partial charge on any atom is 0.259 e. The van der Waals surface area contributed by atoms with Gasteiger partial charge in [0, 0.05) is 17.3 Å². The lowest BCUT2D eigenvalue weighted by molar-refractivity contribution is 0.0989. The van der Waals surface area contributed by atoms with Crippen LogP contribution in [0.1, 0.15) is 17.3 Å². The van der Waals surface area contributed by atoms with Gasteiger partial charge in [0.15, 0.2) is 0 Å². The highest BCUT2D eigenvalue weighted by atomic mass is 79.9. The molecule has 106 valence electrons. The van der Waals surface area contributed by atoms with Crippen LogP contribution < -0.4 is 4.90 Å². The quantitative estimate of drug-likeness (QED) is 0.618. The van der Waals surface area contributed by atoms with Gasteiger partial charge in [-0.2, -0.15) is 0 Å². The molecule has 0 aliphatic carbocycles. The normalized spacial score (nSPS) is 10.8. The molecule has 0 N–H and O–H groups in total. The van der Waals surface area contributed by atoms with Gasteiger partial charge < -0.3 is 4.90 Å². The number of hydrogen-bond donors (Lipinski definition) is 0. The minimum absolute atomic E-state index is 0.0378. The van der Waals surface area contributed by atoms with Crippen molar-refractivity contribution in [3.8, 4) is 0 Å². The van der Waals surface area contributed by atoms with Crippen LogP contribution in [0.2, 0.25) is 0 Å². The molecule has 21 heavy (non-hydrogen) atoms. The molecule has 0 fully saturated rings. The van der Waals surface area contributed by atoms with Crippen molar-refractivity contribution in [3.63, 3.8) is 0 Å². The van der Waals surface area contributed by atoms with Crippen LogP contribution in [0, 0.1) is 0 Å².